The summed E-state index contributed by atoms with van der Waals surface area (Å²) in [6.45, 7) is 8.92. The van der Waals surface area contributed by atoms with Gasteiger partial charge >= 0.3 is 20.4 Å². The molecule has 0 saturated heterocycles. The summed E-state index contributed by atoms with van der Waals surface area (Å²) >= 11 is 0. The first-order valence-electron chi connectivity index (χ1n) is 6.49. The summed E-state index contributed by atoms with van der Waals surface area (Å²) in [5, 5.41) is 0. The van der Waals surface area contributed by atoms with Gasteiger partial charge in [0.1, 0.15) is 0 Å². The quantitative estimate of drug-likeness (QED) is 0.337. The maximum atomic E-state index is 3.00. The van der Waals surface area contributed by atoms with Crippen LogP contribution >= 0.6 is 0 Å². The molecule has 2 nitrogen and oxygen atoms in total. The molecule has 4 heteroatoms. The van der Waals surface area contributed by atoms with Crippen molar-refractivity contribution in [2.45, 2.75) is 26.2 Å². The third-order valence-electron chi connectivity index (χ3n) is 2.58. The predicted octanol–water partition coefficient (Wildman–Crippen LogP) is -0.105. The Morgan fingerprint density at radius 1 is 0.900 bits per heavy atom. The molecule has 120 valence electrons. The molecule has 0 aliphatic rings. The number of nitrogens with zero attached hydrogens (tertiary/aromatic N) is 2. The van der Waals surface area contributed by atoms with Crippen molar-refractivity contribution < 1.29 is 44.4 Å². The van der Waals surface area contributed by atoms with Gasteiger partial charge in [-0.25, -0.2) is 0 Å². The molecular weight excluding hydrogens is 454 g/mol. The molecule has 1 rings (SSSR count). The first kappa shape index (κ1) is 25.5. The number of rotatable bonds is 3. The summed E-state index contributed by atoms with van der Waals surface area (Å²) in [5.41, 5.74) is 1.64. The van der Waals surface area contributed by atoms with Crippen LogP contribution in [0.3, 0.4) is 0 Å². The van der Waals surface area contributed by atoms with E-state index in [0.29, 0.717) is 0 Å². The Hall–Kier alpha value is 0.532. The van der Waals surface area contributed by atoms with Crippen molar-refractivity contribution in [3.63, 3.8) is 0 Å². The van der Waals surface area contributed by atoms with Gasteiger partial charge in [-0.15, -0.1) is 0 Å². The average Bonchev–Trinajstić information content (AvgIpc) is 2.27. The molecule has 0 amide bonds. The van der Waals surface area contributed by atoms with Gasteiger partial charge in [0.25, 0.3) is 0 Å². The van der Waals surface area contributed by atoms with E-state index in [1.54, 1.807) is 0 Å². The maximum absolute atomic E-state index is 3.00. The van der Waals surface area contributed by atoms with Gasteiger partial charge in [0.2, 0.25) is 0 Å². The minimum atomic E-state index is 0. The molecule has 0 N–H and O–H groups in total. The minimum Gasteiger partial charge on any atom is -1.00 e. The molecule has 0 fully saturated rings. The summed E-state index contributed by atoms with van der Waals surface area (Å²) in [7, 11) is 8.35. The van der Waals surface area contributed by atoms with E-state index in [0.717, 1.165) is 13.1 Å². The first-order valence-corrected chi connectivity index (χ1v) is 6.49. The Kier molecular flexibility index (Phi) is 16.8. The zero-order valence-corrected chi connectivity index (χ0v) is 17.5. The SMILES string of the molecule is CC(C)(C)c1cc[c-]cc1.CN(C)CCN(C)C.[I-].[Pd+2]. The van der Waals surface area contributed by atoms with Crippen LogP contribution in [0.25, 0.3) is 0 Å². The molecule has 1 aromatic rings. The second-order valence-electron chi connectivity index (χ2n) is 6.15. The van der Waals surface area contributed by atoms with Crippen LogP contribution in [-0.2, 0) is 25.8 Å². The van der Waals surface area contributed by atoms with Crippen LogP contribution in [0.5, 0.6) is 0 Å². The fraction of sp³-hybridized carbons (Fsp3) is 0.625. The molecule has 1 aromatic carbocycles. The number of hydrogen-bond acceptors (Lipinski definition) is 2. The molecular formula is C16H29IN2Pd. The van der Waals surface area contributed by atoms with E-state index >= 15 is 0 Å². The van der Waals surface area contributed by atoms with Crippen LogP contribution in [-0.4, -0.2) is 51.1 Å². The van der Waals surface area contributed by atoms with Crippen LogP contribution in [0.2, 0.25) is 0 Å². The van der Waals surface area contributed by atoms with Crippen molar-refractivity contribution >= 4 is 0 Å². The smallest absolute Gasteiger partial charge is 1.00 e. The normalized spacial score (nSPS) is 10.2. The van der Waals surface area contributed by atoms with Crippen molar-refractivity contribution in [2.24, 2.45) is 0 Å². The Bertz CT molecular complexity index is 300. The number of likely N-dealkylation sites (N-methyl/N-ethyl adjacent to an activating group) is 2. The topological polar surface area (TPSA) is 6.48 Å². The molecule has 0 heterocycles. The van der Waals surface area contributed by atoms with Crippen LogP contribution in [0.15, 0.2) is 24.3 Å². The van der Waals surface area contributed by atoms with Crippen molar-refractivity contribution in [3.05, 3.63) is 35.9 Å². The summed E-state index contributed by atoms with van der Waals surface area (Å²) in [6, 6.07) is 11.1. The number of hydrogen-bond donors (Lipinski definition) is 0. The average molecular weight is 483 g/mol. The van der Waals surface area contributed by atoms with Gasteiger partial charge in [-0.05, 0) is 33.6 Å². The van der Waals surface area contributed by atoms with Crippen LogP contribution in [0.1, 0.15) is 26.3 Å². The van der Waals surface area contributed by atoms with Crippen molar-refractivity contribution in [1.29, 1.82) is 0 Å². The summed E-state index contributed by atoms with van der Waals surface area (Å²) < 4.78 is 0. The van der Waals surface area contributed by atoms with E-state index in [2.05, 4.69) is 77.0 Å². The van der Waals surface area contributed by atoms with Crippen molar-refractivity contribution in [3.8, 4) is 0 Å². The van der Waals surface area contributed by atoms with Gasteiger partial charge < -0.3 is 33.8 Å². The van der Waals surface area contributed by atoms with E-state index in [1.165, 1.54) is 5.56 Å². The van der Waals surface area contributed by atoms with E-state index in [4.69, 9.17) is 0 Å². The second kappa shape index (κ2) is 13.2. The second-order valence-corrected chi connectivity index (χ2v) is 6.15. The Labute approximate surface area is 157 Å². The van der Waals surface area contributed by atoms with E-state index in [9.17, 15) is 0 Å². The van der Waals surface area contributed by atoms with Gasteiger partial charge in [-0.3, -0.25) is 0 Å². The minimum absolute atomic E-state index is 0. The standard InChI is InChI=1S/C10H13.C6H16N2.HI.Pd/c1-10(2,3)9-7-5-4-6-8-9;1-7(2)5-6-8(3)4;;/h5-8H,1-3H3;5-6H2,1-4H3;1H;/q-1;;;+2/p-1. The Morgan fingerprint density at radius 3 is 1.45 bits per heavy atom. The number of halogens is 1. The summed E-state index contributed by atoms with van der Waals surface area (Å²) in [5.74, 6) is 0. The first-order chi connectivity index (χ1) is 8.23. The molecule has 20 heavy (non-hydrogen) atoms. The zero-order valence-electron chi connectivity index (χ0n) is 13.8. The van der Waals surface area contributed by atoms with Gasteiger partial charge in [0, 0.05) is 13.1 Å². The van der Waals surface area contributed by atoms with E-state index < -0.39 is 0 Å². The molecule has 0 aliphatic heterocycles. The Balaban J connectivity index is -0.000000269. The molecule has 0 aliphatic carbocycles. The predicted molar refractivity (Wildman–Crippen MR) is 81.1 cm³/mol. The van der Waals surface area contributed by atoms with E-state index in [-0.39, 0.29) is 49.8 Å². The molecule has 0 aromatic heterocycles. The van der Waals surface area contributed by atoms with Gasteiger partial charge in [-0.1, -0.05) is 20.8 Å². The molecule has 0 unspecified atom stereocenters. The monoisotopic (exact) mass is 482 g/mol. The third-order valence-corrected chi connectivity index (χ3v) is 2.58. The Morgan fingerprint density at radius 2 is 1.25 bits per heavy atom. The van der Waals surface area contributed by atoms with Gasteiger partial charge in [-0.2, -0.15) is 35.9 Å². The summed E-state index contributed by atoms with van der Waals surface area (Å²) in [6.07, 6.45) is 0. The molecule has 0 saturated carbocycles. The van der Waals surface area contributed by atoms with Crippen molar-refractivity contribution in [2.75, 3.05) is 41.3 Å². The molecule has 0 atom stereocenters. The van der Waals surface area contributed by atoms with Crippen LogP contribution < -0.4 is 24.0 Å². The molecule has 0 bridgehead atoms. The van der Waals surface area contributed by atoms with Gasteiger partial charge in [0.15, 0.2) is 0 Å². The fourth-order valence-corrected chi connectivity index (χ4v) is 1.29. The molecule has 0 spiro atoms. The van der Waals surface area contributed by atoms with Crippen LogP contribution in [0, 0.1) is 6.07 Å². The number of benzene rings is 1. The van der Waals surface area contributed by atoms with Crippen LogP contribution in [0.4, 0.5) is 0 Å². The largest absolute Gasteiger partial charge is 2.00 e. The fourth-order valence-electron chi connectivity index (χ4n) is 1.29. The zero-order chi connectivity index (χ0) is 14.2. The third kappa shape index (κ3) is 14.9. The van der Waals surface area contributed by atoms with Gasteiger partial charge in [0.05, 0.1) is 0 Å². The maximum Gasteiger partial charge on any atom is 2.00 e. The van der Waals surface area contributed by atoms with Crippen molar-refractivity contribution in [1.82, 2.24) is 9.80 Å². The van der Waals surface area contributed by atoms with E-state index in [1.807, 2.05) is 12.1 Å². The summed E-state index contributed by atoms with van der Waals surface area (Å²) in [4.78, 5) is 4.36. The molecule has 0 radical (unpaired) electrons.